The summed E-state index contributed by atoms with van der Waals surface area (Å²) in [5, 5.41) is 0.944. The van der Waals surface area contributed by atoms with Gasteiger partial charge in [0.1, 0.15) is 0 Å². The first-order valence-corrected chi connectivity index (χ1v) is 8.01. The van der Waals surface area contributed by atoms with Gasteiger partial charge in [-0.3, -0.25) is 9.59 Å². The molecule has 3 aromatic carbocycles. The molecule has 0 bridgehead atoms. The summed E-state index contributed by atoms with van der Waals surface area (Å²) in [4.78, 5) is 25.6. The lowest BCUT2D eigenvalue weighted by Crippen LogP contribution is -2.11. The van der Waals surface area contributed by atoms with Gasteiger partial charge in [0.25, 0.3) is 0 Å². The van der Waals surface area contributed by atoms with E-state index in [0.29, 0.717) is 32.3 Å². The van der Waals surface area contributed by atoms with Gasteiger partial charge in [-0.1, -0.05) is 71.7 Å². The molecule has 0 aliphatic carbocycles. The summed E-state index contributed by atoms with van der Waals surface area (Å²) in [6.07, 6.45) is 0. The maximum absolute atomic E-state index is 12.8. The molecule has 0 radical (unpaired) electrons. The fourth-order valence-electron chi connectivity index (χ4n) is 2.45. The highest BCUT2D eigenvalue weighted by Crippen LogP contribution is 2.21. The molecule has 0 atom stereocenters. The second kappa shape index (κ2) is 7.00. The zero-order chi connectivity index (χ0) is 17.1. The van der Waals surface area contributed by atoms with Crippen molar-refractivity contribution in [1.82, 2.24) is 0 Å². The predicted octanol–water partition coefficient (Wildman–Crippen LogP) is 5.46. The van der Waals surface area contributed by atoms with Gasteiger partial charge in [0.2, 0.25) is 0 Å². The molecule has 0 saturated heterocycles. The molecule has 0 amide bonds. The number of hydrogen-bond donors (Lipinski definition) is 0. The van der Waals surface area contributed by atoms with Crippen molar-refractivity contribution >= 4 is 34.8 Å². The van der Waals surface area contributed by atoms with Crippen LogP contribution in [-0.2, 0) is 0 Å². The molecule has 0 aliphatic rings. The lowest BCUT2D eigenvalue weighted by Gasteiger charge is -2.09. The molecule has 3 aromatic rings. The van der Waals surface area contributed by atoms with Crippen molar-refractivity contribution in [3.8, 4) is 0 Å². The minimum absolute atomic E-state index is 0.247. The molecule has 0 heterocycles. The summed E-state index contributed by atoms with van der Waals surface area (Å²) in [7, 11) is 0. The molecular formula is C20H12Cl2O2. The summed E-state index contributed by atoms with van der Waals surface area (Å²) >= 11 is 11.9. The van der Waals surface area contributed by atoms with E-state index in [1.165, 1.54) is 0 Å². The van der Waals surface area contributed by atoms with Gasteiger partial charge >= 0.3 is 0 Å². The van der Waals surface area contributed by atoms with Gasteiger partial charge in [0, 0.05) is 32.3 Å². The van der Waals surface area contributed by atoms with E-state index in [0.717, 1.165) is 0 Å². The van der Waals surface area contributed by atoms with E-state index in [1.54, 1.807) is 72.8 Å². The summed E-state index contributed by atoms with van der Waals surface area (Å²) in [5.74, 6) is -0.494. The van der Waals surface area contributed by atoms with Crippen LogP contribution < -0.4 is 0 Å². The number of ketones is 2. The van der Waals surface area contributed by atoms with E-state index in [-0.39, 0.29) is 11.6 Å². The van der Waals surface area contributed by atoms with Gasteiger partial charge in [-0.05, 0) is 24.3 Å². The standard InChI is InChI=1S/C20H12Cl2O2/c21-15-7-3-5-13(11-15)19(23)17-9-1-2-10-18(17)20(24)14-6-4-8-16(22)12-14/h1-12H. The molecule has 4 heteroatoms. The lowest BCUT2D eigenvalue weighted by molar-refractivity contribution is 0.100. The lowest BCUT2D eigenvalue weighted by atomic mass is 9.93. The zero-order valence-electron chi connectivity index (χ0n) is 12.5. The smallest absolute Gasteiger partial charge is 0.193 e. The molecule has 0 unspecified atom stereocenters. The van der Waals surface area contributed by atoms with E-state index in [9.17, 15) is 9.59 Å². The Bertz CT molecular complexity index is 856. The molecule has 0 fully saturated rings. The third-order valence-electron chi connectivity index (χ3n) is 3.59. The number of halogens is 2. The molecule has 3 rings (SSSR count). The average Bonchev–Trinajstić information content (AvgIpc) is 2.60. The maximum Gasteiger partial charge on any atom is 0.193 e. The van der Waals surface area contributed by atoms with E-state index in [2.05, 4.69) is 0 Å². The predicted molar refractivity (Wildman–Crippen MR) is 96.2 cm³/mol. The number of benzene rings is 3. The van der Waals surface area contributed by atoms with E-state index < -0.39 is 0 Å². The van der Waals surface area contributed by atoms with Crippen LogP contribution >= 0.6 is 23.2 Å². The molecule has 0 spiro atoms. The molecule has 2 nitrogen and oxygen atoms in total. The van der Waals surface area contributed by atoms with Crippen LogP contribution in [0.1, 0.15) is 31.8 Å². The van der Waals surface area contributed by atoms with Crippen molar-refractivity contribution in [2.75, 3.05) is 0 Å². The zero-order valence-corrected chi connectivity index (χ0v) is 14.0. The first-order valence-electron chi connectivity index (χ1n) is 7.26. The minimum Gasteiger partial charge on any atom is -0.289 e. The van der Waals surface area contributed by atoms with Crippen LogP contribution in [0.4, 0.5) is 0 Å². The number of rotatable bonds is 4. The Morgan fingerprint density at radius 1 is 0.583 bits per heavy atom. The molecule has 118 valence electrons. The Morgan fingerprint density at radius 3 is 1.38 bits per heavy atom. The Hall–Kier alpha value is -2.42. The van der Waals surface area contributed by atoms with Crippen LogP contribution in [0.25, 0.3) is 0 Å². The van der Waals surface area contributed by atoms with Crippen LogP contribution in [0.3, 0.4) is 0 Å². The first kappa shape index (κ1) is 16.4. The molecule has 0 saturated carbocycles. The Morgan fingerprint density at radius 2 is 1.00 bits per heavy atom. The highest BCUT2D eigenvalue weighted by Gasteiger charge is 2.19. The maximum atomic E-state index is 12.8. The van der Waals surface area contributed by atoms with Crippen molar-refractivity contribution in [3.63, 3.8) is 0 Å². The van der Waals surface area contributed by atoms with Gasteiger partial charge in [-0.25, -0.2) is 0 Å². The number of hydrogen-bond acceptors (Lipinski definition) is 2. The Kier molecular flexibility index (Phi) is 4.79. The molecule has 0 N–H and O–H groups in total. The van der Waals surface area contributed by atoms with Gasteiger partial charge in [-0.15, -0.1) is 0 Å². The van der Waals surface area contributed by atoms with Crippen molar-refractivity contribution in [1.29, 1.82) is 0 Å². The van der Waals surface area contributed by atoms with E-state index in [4.69, 9.17) is 23.2 Å². The summed E-state index contributed by atoms with van der Waals surface area (Å²) in [6.45, 7) is 0. The monoisotopic (exact) mass is 354 g/mol. The summed E-state index contributed by atoms with van der Waals surface area (Å²) < 4.78 is 0. The van der Waals surface area contributed by atoms with E-state index >= 15 is 0 Å². The van der Waals surface area contributed by atoms with Crippen LogP contribution in [0.5, 0.6) is 0 Å². The van der Waals surface area contributed by atoms with Crippen LogP contribution in [0, 0.1) is 0 Å². The van der Waals surface area contributed by atoms with Crippen molar-refractivity contribution < 1.29 is 9.59 Å². The topological polar surface area (TPSA) is 34.1 Å². The second-order valence-electron chi connectivity index (χ2n) is 5.22. The number of carbonyl (C=O) groups is 2. The van der Waals surface area contributed by atoms with Gasteiger partial charge < -0.3 is 0 Å². The third kappa shape index (κ3) is 3.40. The Balaban J connectivity index is 2.05. The quantitative estimate of drug-likeness (QED) is 0.583. The van der Waals surface area contributed by atoms with Gasteiger partial charge in [0.15, 0.2) is 11.6 Å². The fraction of sp³-hybridized carbons (Fsp3) is 0. The fourth-order valence-corrected chi connectivity index (χ4v) is 2.83. The second-order valence-corrected chi connectivity index (χ2v) is 6.10. The number of carbonyl (C=O) groups excluding carboxylic acids is 2. The largest absolute Gasteiger partial charge is 0.289 e. The molecule has 0 aromatic heterocycles. The summed E-state index contributed by atoms with van der Waals surface area (Å²) in [5.41, 5.74) is 1.55. The van der Waals surface area contributed by atoms with Crippen LogP contribution in [0.2, 0.25) is 10.0 Å². The first-order chi connectivity index (χ1) is 11.6. The minimum atomic E-state index is -0.247. The molecule has 24 heavy (non-hydrogen) atoms. The molecule has 0 aliphatic heterocycles. The van der Waals surface area contributed by atoms with Gasteiger partial charge in [-0.2, -0.15) is 0 Å². The van der Waals surface area contributed by atoms with Gasteiger partial charge in [0.05, 0.1) is 0 Å². The highest BCUT2D eigenvalue weighted by atomic mass is 35.5. The van der Waals surface area contributed by atoms with Crippen molar-refractivity contribution in [2.24, 2.45) is 0 Å². The Labute approximate surface area is 149 Å². The SMILES string of the molecule is O=C(c1cccc(Cl)c1)c1ccccc1C(=O)c1cccc(Cl)c1. The van der Waals surface area contributed by atoms with Crippen molar-refractivity contribution in [3.05, 3.63) is 105 Å². The average molecular weight is 355 g/mol. The van der Waals surface area contributed by atoms with Crippen molar-refractivity contribution in [2.45, 2.75) is 0 Å². The van der Waals surface area contributed by atoms with E-state index in [1.807, 2.05) is 0 Å². The van der Waals surface area contributed by atoms with Crippen LogP contribution in [-0.4, -0.2) is 11.6 Å². The summed E-state index contributed by atoms with van der Waals surface area (Å²) in [6, 6.07) is 20.1. The van der Waals surface area contributed by atoms with Crippen LogP contribution in [0.15, 0.2) is 72.8 Å². The third-order valence-corrected chi connectivity index (χ3v) is 4.06. The highest BCUT2D eigenvalue weighted by molar-refractivity contribution is 6.32. The normalized spacial score (nSPS) is 10.4. The molecular weight excluding hydrogens is 343 g/mol.